The molecule has 1 heterocycles. The average molecular weight is 223 g/mol. The lowest BCUT2D eigenvalue weighted by Gasteiger charge is -2.38. The van der Waals surface area contributed by atoms with Crippen molar-refractivity contribution < 1.29 is 5.11 Å². The van der Waals surface area contributed by atoms with E-state index in [1.54, 1.807) is 0 Å². The van der Waals surface area contributed by atoms with Gasteiger partial charge in [-0.05, 0) is 32.6 Å². The van der Waals surface area contributed by atoms with Gasteiger partial charge in [0.05, 0.1) is 12.3 Å². The average Bonchev–Trinajstić information content (AvgIpc) is 2.62. The van der Waals surface area contributed by atoms with E-state index in [4.69, 9.17) is 5.73 Å². The normalized spacial score (nSPS) is 30.6. The van der Waals surface area contributed by atoms with Crippen molar-refractivity contribution in [3.8, 4) is 0 Å². The van der Waals surface area contributed by atoms with Crippen molar-refractivity contribution >= 4 is 0 Å². The molecule has 16 heavy (non-hydrogen) atoms. The van der Waals surface area contributed by atoms with Crippen LogP contribution >= 0.6 is 0 Å². The second-order valence-electron chi connectivity index (χ2n) is 4.98. The van der Waals surface area contributed by atoms with Crippen LogP contribution in [0.3, 0.4) is 0 Å². The molecule has 0 aliphatic heterocycles. The predicted molar refractivity (Wildman–Crippen MR) is 63.2 cm³/mol. The van der Waals surface area contributed by atoms with Gasteiger partial charge >= 0.3 is 0 Å². The van der Waals surface area contributed by atoms with Crippen molar-refractivity contribution in [3.05, 3.63) is 17.5 Å². The summed E-state index contributed by atoms with van der Waals surface area (Å²) in [4.78, 5) is 0. The Hall–Kier alpha value is -0.870. The monoisotopic (exact) mass is 223 g/mol. The van der Waals surface area contributed by atoms with Crippen molar-refractivity contribution in [2.45, 2.75) is 44.1 Å². The molecule has 0 saturated heterocycles. The molecule has 0 bridgehead atoms. The highest BCUT2D eigenvalue weighted by Gasteiger charge is 2.37. The summed E-state index contributed by atoms with van der Waals surface area (Å²) in [6, 6.07) is 0. The van der Waals surface area contributed by atoms with Gasteiger partial charge in [-0.3, -0.25) is 4.68 Å². The summed E-state index contributed by atoms with van der Waals surface area (Å²) >= 11 is 0. The molecule has 90 valence electrons. The van der Waals surface area contributed by atoms with Crippen molar-refractivity contribution in [3.63, 3.8) is 0 Å². The maximum Gasteiger partial charge on any atom is 0.0541 e. The minimum absolute atomic E-state index is 0.0393. The summed E-state index contributed by atoms with van der Waals surface area (Å²) in [6.07, 6.45) is 5.45. The van der Waals surface area contributed by atoms with Crippen LogP contribution in [-0.4, -0.2) is 27.5 Å². The number of aliphatic hydroxyl groups excluding tert-OH is 1. The van der Waals surface area contributed by atoms with E-state index in [2.05, 4.69) is 12.0 Å². The fourth-order valence-electron chi connectivity index (χ4n) is 2.76. The van der Waals surface area contributed by atoms with Gasteiger partial charge in [-0.2, -0.15) is 5.10 Å². The van der Waals surface area contributed by atoms with Gasteiger partial charge in [-0.25, -0.2) is 0 Å². The summed E-state index contributed by atoms with van der Waals surface area (Å²) in [5.41, 5.74) is 8.48. The van der Waals surface area contributed by atoms with Crippen molar-refractivity contribution in [2.75, 3.05) is 6.54 Å². The van der Waals surface area contributed by atoms with E-state index in [0.29, 0.717) is 6.54 Å². The molecule has 4 heteroatoms. The molecule has 4 nitrogen and oxygen atoms in total. The van der Waals surface area contributed by atoms with E-state index < -0.39 is 0 Å². The topological polar surface area (TPSA) is 64.1 Å². The molecule has 0 radical (unpaired) electrons. The molecule has 3 N–H and O–H groups in total. The summed E-state index contributed by atoms with van der Waals surface area (Å²) < 4.78 is 1.90. The Kier molecular flexibility index (Phi) is 3.04. The molecular formula is C12H21N3O. The maximum atomic E-state index is 9.60. The zero-order valence-corrected chi connectivity index (χ0v) is 10.1. The third-order valence-corrected chi connectivity index (χ3v) is 4.11. The quantitative estimate of drug-likeness (QED) is 0.781. The lowest BCUT2D eigenvalue weighted by atomic mass is 9.69. The molecular weight excluding hydrogens is 202 g/mol. The van der Waals surface area contributed by atoms with Gasteiger partial charge in [0, 0.05) is 30.3 Å². The standard InChI is InChI=1S/C12H21N3O/c1-9-11(7-14-15(9)2)12(8-13)5-3-10(16)4-6-12/h7,10,16H,3-6,8,13H2,1-2H3. The predicted octanol–water partition coefficient (Wildman–Crippen LogP) is 0.860. The zero-order valence-electron chi connectivity index (χ0n) is 10.1. The number of nitrogens with zero attached hydrogens (tertiary/aromatic N) is 2. The number of aryl methyl sites for hydroxylation is 1. The molecule has 2 rings (SSSR count). The third kappa shape index (κ3) is 1.76. The zero-order chi connectivity index (χ0) is 11.8. The van der Waals surface area contributed by atoms with Crippen LogP contribution < -0.4 is 5.73 Å². The molecule has 1 aromatic rings. The Morgan fingerprint density at radius 2 is 2.19 bits per heavy atom. The molecule has 0 atom stereocenters. The molecule has 1 saturated carbocycles. The molecule has 0 spiro atoms. The second-order valence-corrected chi connectivity index (χ2v) is 4.98. The fourth-order valence-corrected chi connectivity index (χ4v) is 2.76. The minimum Gasteiger partial charge on any atom is -0.393 e. The van der Waals surface area contributed by atoms with Crippen LogP contribution in [0, 0.1) is 6.92 Å². The molecule has 0 aromatic carbocycles. The summed E-state index contributed by atoms with van der Waals surface area (Å²) in [5, 5.41) is 13.9. The second kappa shape index (κ2) is 4.18. The minimum atomic E-state index is -0.142. The van der Waals surface area contributed by atoms with Crippen LogP contribution in [0.2, 0.25) is 0 Å². The number of aromatic nitrogens is 2. The Bertz CT molecular complexity index is 364. The van der Waals surface area contributed by atoms with E-state index >= 15 is 0 Å². The van der Waals surface area contributed by atoms with Crippen LogP contribution in [0.1, 0.15) is 36.9 Å². The van der Waals surface area contributed by atoms with E-state index in [0.717, 1.165) is 25.7 Å². The molecule has 1 aromatic heterocycles. The largest absolute Gasteiger partial charge is 0.393 e. The first-order valence-corrected chi connectivity index (χ1v) is 5.96. The Labute approximate surface area is 96.5 Å². The van der Waals surface area contributed by atoms with Crippen molar-refractivity contribution in [1.82, 2.24) is 9.78 Å². The highest BCUT2D eigenvalue weighted by Crippen LogP contribution is 2.39. The first-order chi connectivity index (χ1) is 7.59. The highest BCUT2D eigenvalue weighted by molar-refractivity contribution is 5.28. The molecule has 0 unspecified atom stereocenters. The van der Waals surface area contributed by atoms with Gasteiger partial charge in [-0.1, -0.05) is 0 Å². The number of nitrogens with two attached hydrogens (primary N) is 1. The van der Waals surface area contributed by atoms with Crippen LogP contribution in [0.15, 0.2) is 6.20 Å². The van der Waals surface area contributed by atoms with Crippen LogP contribution in [0.5, 0.6) is 0 Å². The van der Waals surface area contributed by atoms with Crippen LogP contribution in [0.4, 0.5) is 0 Å². The van der Waals surface area contributed by atoms with Crippen molar-refractivity contribution in [2.24, 2.45) is 12.8 Å². The Morgan fingerprint density at radius 1 is 1.56 bits per heavy atom. The molecule has 1 fully saturated rings. The molecule has 1 aliphatic rings. The Balaban J connectivity index is 2.31. The fraction of sp³-hybridized carbons (Fsp3) is 0.750. The van der Waals surface area contributed by atoms with Crippen LogP contribution in [-0.2, 0) is 12.5 Å². The van der Waals surface area contributed by atoms with Gasteiger partial charge in [0.25, 0.3) is 0 Å². The smallest absolute Gasteiger partial charge is 0.0541 e. The lowest BCUT2D eigenvalue weighted by Crippen LogP contribution is -2.40. The lowest BCUT2D eigenvalue weighted by molar-refractivity contribution is 0.0972. The van der Waals surface area contributed by atoms with Gasteiger partial charge in [-0.15, -0.1) is 0 Å². The number of rotatable bonds is 2. The van der Waals surface area contributed by atoms with E-state index in [1.165, 1.54) is 11.3 Å². The summed E-state index contributed by atoms with van der Waals surface area (Å²) in [6.45, 7) is 2.73. The summed E-state index contributed by atoms with van der Waals surface area (Å²) in [7, 11) is 1.96. The Morgan fingerprint density at radius 3 is 2.62 bits per heavy atom. The first kappa shape index (κ1) is 11.6. The number of hydrogen-bond acceptors (Lipinski definition) is 3. The van der Waals surface area contributed by atoms with Crippen LogP contribution in [0.25, 0.3) is 0 Å². The van der Waals surface area contributed by atoms with Gasteiger partial charge in [0.15, 0.2) is 0 Å². The number of hydrogen-bond donors (Lipinski definition) is 2. The van der Waals surface area contributed by atoms with Gasteiger partial charge in [0.1, 0.15) is 0 Å². The molecule has 1 aliphatic carbocycles. The van der Waals surface area contributed by atoms with Gasteiger partial charge < -0.3 is 10.8 Å². The van der Waals surface area contributed by atoms with Crippen molar-refractivity contribution in [1.29, 1.82) is 0 Å². The number of aliphatic hydroxyl groups is 1. The maximum absolute atomic E-state index is 9.60. The van der Waals surface area contributed by atoms with E-state index in [9.17, 15) is 5.11 Å². The molecule has 0 amide bonds. The van der Waals surface area contributed by atoms with Gasteiger partial charge in [0.2, 0.25) is 0 Å². The third-order valence-electron chi connectivity index (χ3n) is 4.11. The summed E-state index contributed by atoms with van der Waals surface area (Å²) in [5.74, 6) is 0. The SMILES string of the molecule is Cc1c(C2(CN)CCC(O)CC2)cnn1C. The van der Waals surface area contributed by atoms with E-state index in [1.807, 2.05) is 17.9 Å². The highest BCUT2D eigenvalue weighted by atomic mass is 16.3. The van der Waals surface area contributed by atoms with E-state index in [-0.39, 0.29) is 11.5 Å². The first-order valence-electron chi connectivity index (χ1n) is 5.96.